The standard InChI is InChI=1S/C19H23ClN2O/c1-4-15(5-2)16-8-10-22(11-9-16)13-19(23)21-18-12-17(20)7-6-14(18)3/h6-12,15H,4-5,13H2,1-3H3/p+1. The van der Waals surface area contributed by atoms with Crippen molar-refractivity contribution >= 4 is 23.2 Å². The average Bonchev–Trinajstić information content (AvgIpc) is 2.53. The van der Waals surface area contributed by atoms with E-state index in [-0.39, 0.29) is 12.5 Å². The molecular formula is C19H24ClN2O+. The molecule has 23 heavy (non-hydrogen) atoms. The first kappa shape index (κ1) is 17.5. The van der Waals surface area contributed by atoms with Crippen LogP contribution >= 0.6 is 11.6 Å². The third kappa shape index (κ3) is 4.80. The first-order chi connectivity index (χ1) is 11.0. The lowest BCUT2D eigenvalue weighted by molar-refractivity contribution is -0.684. The van der Waals surface area contributed by atoms with E-state index in [0.29, 0.717) is 10.9 Å². The van der Waals surface area contributed by atoms with Gasteiger partial charge in [0, 0.05) is 22.8 Å². The van der Waals surface area contributed by atoms with Crippen molar-refractivity contribution in [1.29, 1.82) is 0 Å². The Hall–Kier alpha value is -1.87. The van der Waals surface area contributed by atoms with Gasteiger partial charge in [0.05, 0.1) is 0 Å². The molecule has 0 bridgehead atoms. The summed E-state index contributed by atoms with van der Waals surface area (Å²) in [6.45, 7) is 6.64. The van der Waals surface area contributed by atoms with Crippen LogP contribution in [0, 0.1) is 6.92 Å². The number of pyridine rings is 1. The highest BCUT2D eigenvalue weighted by Gasteiger charge is 2.13. The van der Waals surface area contributed by atoms with Crippen molar-refractivity contribution in [2.24, 2.45) is 0 Å². The van der Waals surface area contributed by atoms with Crippen molar-refractivity contribution in [3.63, 3.8) is 0 Å². The number of hydrogen-bond donors (Lipinski definition) is 1. The van der Waals surface area contributed by atoms with E-state index in [0.717, 1.165) is 24.1 Å². The first-order valence-electron chi connectivity index (χ1n) is 8.08. The van der Waals surface area contributed by atoms with Gasteiger partial charge in [0.2, 0.25) is 6.54 Å². The largest absolute Gasteiger partial charge is 0.320 e. The maximum Gasteiger partial charge on any atom is 0.290 e. The molecule has 0 saturated heterocycles. The Kier molecular flexibility index (Phi) is 6.17. The maximum atomic E-state index is 12.2. The topological polar surface area (TPSA) is 33.0 Å². The number of carbonyl (C=O) groups is 1. The molecule has 122 valence electrons. The van der Waals surface area contributed by atoms with Crippen LogP contribution in [0.3, 0.4) is 0 Å². The minimum absolute atomic E-state index is 0.0596. The predicted octanol–water partition coefficient (Wildman–Crippen LogP) is 4.48. The van der Waals surface area contributed by atoms with Gasteiger partial charge in [-0.2, -0.15) is 4.57 Å². The van der Waals surface area contributed by atoms with Crippen LogP contribution in [0.2, 0.25) is 5.02 Å². The molecule has 4 heteroatoms. The number of benzene rings is 1. The molecule has 0 aliphatic rings. The molecule has 1 heterocycles. The maximum absolute atomic E-state index is 12.2. The number of anilines is 1. The van der Waals surface area contributed by atoms with E-state index in [4.69, 9.17) is 11.6 Å². The normalized spacial score (nSPS) is 10.8. The minimum atomic E-state index is -0.0596. The Morgan fingerprint density at radius 1 is 1.17 bits per heavy atom. The van der Waals surface area contributed by atoms with Crippen molar-refractivity contribution in [1.82, 2.24) is 0 Å². The molecule has 2 rings (SSSR count). The van der Waals surface area contributed by atoms with Crippen molar-refractivity contribution in [3.05, 3.63) is 58.9 Å². The Morgan fingerprint density at radius 2 is 1.83 bits per heavy atom. The summed E-state index contributed by atoms with van der Waals surface area (Å²) in [6, 6.07) is 9.70. The zero-order valence-corrected chi connectivity index (χ0v) is 14.7. The molecule has 0 unspecified atom stereocenters. The van der Waals surface area contributed by atoms with E-state index in [9.17, 15) is 4.79 Å². The highest BCUT2D eigenvalue weighted by Crippen LogP contribution is 2.21. The summed E-state index contributed by atoms with van der Waals surface area (Å²) in [4.78, 5) is 12.2. The number of halogens is 1. The Labute approximate surface area is 143 Å². The third-order valence-corrected chi connectivity index (χ3v) is 4.41. The van der Waals surface area contributed by atoms with Gasteiger partial charge >= 0.3 is 0 Å². The number of nitrogens with one attached hydrogen (secondary N) is 1. The molecule has 1 amide bonds. The van der Waals surface area contributed by atoms with E-state index in [1.54, 1.807) is 6.07 Å². The lowest BCUT2D eigenvalue weighted by Gasteiger charge is -2.11. The summed E-state index contributed by atoms with van der Waals surface area (Å²) in [7, 11) is 0. The van der Waals surface area contributed by atoms with Crippen LogP contribution in [-0.2, 0) is 11.3 Å². The molecule has 0 radical (unpaired) electrons. The van der Waals surface area contributed by atoms with Crippen LogP contribution in [0.15, 0.2) is 42.7 Å². The summed E-state index contributed by atoms with van der Waals surface area (Å²) >= 11 is 5.98. The number of rotatable bonds is 6. The highest BCUT2D eigenvalue weighted by molar-refractivity contribution is 6.31. The van der Waals surface area contributed by atoms with Crippen molar-refractivity contribution in [3.8, 4) is 0 Å². The molecule has 0 aliphatic carbocycles. The van der Waals surface area contributed by atoms with E-state index in [1.165, 1.54) is 5.56 Å². The first-order valence-corrected chi connectivity index (χ1v) is 8.46. The molecule has 0 saturated carbocycles. The summed E-state index contributed by atoms with van der Waals surface area (Å²) in [6.07, 6.45) is 6.21. The molecule has 0 spiro atoms. The second kappa shape index (κ2) is 8.11. The predicted molar refractivity (Wildman–Crippen MR) is 94.8 cm³/mol. The van der Waals surface area contributed by atoms with Crippen LogP contribution in [0.5, 0.6) is 0 Å². The van der Waals surface area contributed by atoms with Gasteiger partial charge in [0.25, 0.3) is 5.91 Å². The monoisotopic (exact) mass is 331 g/mol. The fraction of sp³-hybridized carbons (Fsp3) is 0.368. The SMILES string of the molecule is CCC(CC)c1cc[n+](CC(=O)Nc2cc(Cl)ccc2C)cc1. The van der Waals surface area contributed by atoms with Gasteiger partial charge < -0.3 is 5.32 Å². The van der Waals surface area contributed by atoms with Crippen LogP contribution < -0.4 is 9.88 Å². The van der Waals surface area contributed by atoms with Crippen LogP contribution in [0.1, 0.15) is 43.7 Å². The zero-order valence-electron chi connectivity index (χ0n) is 14.0. The van der Waals surface area contributed by atoms with Gasteiger partial charge in [-0.05, 0) is 48.9 Å². The minimum Gasteiger partial charge on any atom is -0.320 e. The number of hydrogen-bond acceptors (Lipinski definition) is 1. The van der Waals surface area contributed by atoms with Crippen LogP contribution in [0.4, 0.5) is 5.69 Å². The second-order valence-electron chi connectivity index (χ2n) is 5.82. The lowest BCUT2D eigenvalue weighted by atomic mass is 9.95. The fourth-order valence-electron chi connectivity index (χ4n) is 2.69. The molecule has 0 fully saturated rings. The second-order valence-corrected chi connectivity index (χ2v) is 6.26. The van der Waals surface area contributed by atoms with Crippen molar-refractivity contribution < 1.29 is 9.36 Å². The van der Waals surface area contributed by atoms with Crippen LogP contribution in [0.25, 0.3) is 0 Å². The molecular weight excluding hydrogens is 308 g/mol. The molecule has 1 N–H and O–H groups in total. The summed E-state index contributed by atoms with van der Waals surface area (Å²) < 4.78 is 1.89. The number of carbonyl (C=O) groups excluding carboxylic acids is 1. The van der Waals surface area contributed by atoms with E-state index in [2.05, 4.69) is 31.3 Å². The Balaban J connectivity index is 2.01. The smallest absolute Gasteiger partial charge is 0.290 e. The summed E-state index contributed by atoms with van der Waals surface area (Å²) in [5.74, 6) is 0.531. The van der Waals surface area contributed by atoms with Crippen LogP contribution in [-0.4, -0.2) is 5.91 Å². The zero-order chi connectivity index (χ0) is 16.8. The molecule has 2 aromatic rings. The third-order valence-electron chi connectivity index (χ3n) is 4.17. The molecule has 3 nitrogen and oxygen atoms in total. The van der Waals surface area contributed by atoms with E-state index >= 15 is 0 Å². The molecule has 0 atom stereocenters. The lowest BCUT2D eigenvalue weighted by Crippen LogP contribution is -2.39. The molecule has 0 aliphatic heterocycles. The summed E-state index contributed by atoms with van der Waals surface area (Å²) in [5, 5.41) is 3.53. The van der Waals surface area contributed by atoms with E-state index in [1.807, 2.05) is 36.0 Å². The summed E-state index contributed by atoms with van der Waals surface area (Å²) in [5.41, 5.74) is 3.09. The number of aryl methyl sites for hydroxylation is 1. The van der Waals surface area contributed by atoms with Gasteiger partial charge in [-0.25, -0.2) is 0 Å². The molecule has 1 aromatic carbocycles. The Bertz CT molecular complexity index is 664. The number of aromatic nitrogens is 1. The Morgan fingerprint density at radius 3 is 2.43 bits per heavy atom. The van der Waals surface area contributed by atoms with Gasteiger partial charge in [0.1, 0.15) is 0 Å². The molecule has 1 aromatic heterocycles. The van der Waals surface area contributed by atoms with Gasteiger partial charge in [-0.15, -0.1) is 0 Å². The van der Waals surface area contributed by atoms with E-state index < -0.39 is 0 Å². The fourth-order valence-corrected chi connectivity index (χ4v) is 2.86. The average molecular weight is 332 g/mol. The number of nitrogens with zero attached hydrogens (tertiary/aromatic N) is 1. The number of amides is 1. The van der Waals surface area contributed by atoms with Crippen molar-refractivity contribution in [2.45, 2.75) is 46.1 Å². The quantitative estimate of drug-likeness (QED) is 0.778. The van der Waals surface area contributed by atoms with Crippen molar-refractivity contribution in [2.75, 3.05) is 5.32 Å². The van der Waals surface area contributed by atoms with Gasteiger partial charge in [-0.1, -0.05) is 31.5 Å². The van der Waals surface area contributed by atoms with Gasteiger partial charge in [0.15, 0.2) is 12.4 Å². The van der Waals surface area contributed by atoms with Gasteiger partial charge in [-0.3, -0.25) is 4.79 Å². The highest BCUT2D eigenvalue weighted by atomic mass is 35.5.